The summed E-state index contributed by atoms with van der Waals surface area (Å²) in [6.07, 6.45) is 0. The summed E-state index contributed by atoms with van der Waals surface area (Å²) >= 11 is 0. The van der Waals surface area contributed by atoms with Crippen molar-refractivity contribution in [1.29, 1.82) is 0 Å². The number of benzene rings is 1. The number of aromatic hydroxyl groups is 1. The number of rotatable bonds is 2. The average molecular weight is 590 g/mol. The Morgan fingerprint density at radius 1 is 0.600 bits per heavy atom. The molecule has 0 heterocycles. The van der Waals surface area contributed by atoms with Gasteiger partial charge in [-0.3, -0.25) is 0 Å². The number of hydrogen-bond acceptors (Lipinski definition) is 1. The van der Waals surface area contributed by atoms with E-state index in [0.29, 0.717) is 5.75 Å². The molecule has 1 N–H and O–H groups in total. The Kier molecular flexibility index (Phi) is 14.6. The molecule has 0 aromatic heterocycles. The van der Waals surface area contributed by atoms with E-state index in [1.807, 2.05) is 18.2 Å². The second-order valence-electron chi connectivity index (χ2n) is 14.2. The second kappa shape index (κ2) is 13.7. The van der Waals surface area contributed by atoms with Crippen molar-refractivity contribution in [2.24, 2.45) is 0 Å². The maximum atomic E-state index is 10.3. The summed E-state index contributed by atoms with van der Waals surface area (Å²) in [7, 11) is -1.71. The van der Waals surface area contributed by atoms with Gasteiger partial charge in [0.25, 0.3) is 0 Å². The molecular weight excluding hydrogens is 533 g/mol. The number of allylic oxidation sites excluding steroid dienone is 4. The van der Waals surface area contributed by atoms with Crippen LogP contribution < -0.4 is 0 Å². The van der Waals surface area contributed by atoms with E-state index in [4.69, 9.17) is 0 Å². The monoisotopic (exact) mass is 589 g/mol. The predicted octanol–water partition coefficient (Wildman–Crippen LogP) is 10.2. The summed E-state index contributed by atoms with van der Waals surface area (Å²) in [5, 5.41) is 10.3. The van der Waals surface area contributed by atoms with Gasteiger partial charge in [-0.25, -0.2) is 0 Å². The molecule has 0 aliphatic heterocycles. The van der Waals surface area contributed by atoms with E-state index in [2.05, 4.69) is 121 Å². The molecule has 1 aromatic carbocycles. The Morgan fingerprint density at radius 2 is 0.886 bits per heavy atom. The summed E-state index contributed by atoms with van der Waals surface area (Å²) in [6.45, 7) is 38.2. The van der Waals surface area contributed by atoms with Crippen LogP contribution in [0.25, 0.3) is 0 Å². The van der Waals surface area contributed by atoms with E-state index in [-0.39, 0.29) is 43.5 Å². The Balaban J connectivity index is 0. The Morgan fingerprint density at radius 3 is 1.03 bits per heavy atom. The van der Waals surface area contributed by atoms with E-state index < -0.39 is 16.1 Å². The van der Waals surface area contributed by atoms with Gasteiger partial charge < -0.3 is 10.8 Å². The van der Waals surface area contributed by atoms with E-state index in [1.54, 1.807) is 0 Å². The molecule has 0 bridgehead atoms. The largest absolute Gasteiger partial charge is 0.507 e. The van der Waals surface area contributed by atoms with E-state index >= 15 is 0 Å². The van der Waals surface area contributed by atoms with Gasteiger partial charge in [0.1, 0.15) is 5.75 Å². The molecule has 4 heteroatoms. The first kappa shape index (κ1) is 37.2. The Bertz CT molecular complexity index is 814. The van der Waals surface area contributed by atoms with Crippen LogP contribution in [-0.2, 0) is 43.5 Å². The van der Waals surface area contributed by atoms with Crippen molar-refractivity contribution in [1.82, 2.24) is 0 Å². The quantitative estimate of drug-likeness (QED) is 0.269. The van der Waals surface area contributed by atoms with Gasteiger partial charge in [-0.15, -0.1) is 16.1 Å². The molecule has 198 valence electrons. The van der Waals surface area contributed by atoms with Crippen LogP contribution in [0.3, 0.4) is 0 Å². The van der Waals surface area contributed by atoms with Crippen LogP contribution in [0.2, 0.25) is 39.3 Å². The van der Waals surface area contributed by atoms with Crippen LogP contribution in [0, 0.1) is 11.6 Å². The molecule has 0 amide bonds. The predicted molar refractivity (Wildman–Crippen MR) is 162 cm³/mol. The zero-order chi connectivity index (χ0) is 27.4. The SMILES string of the molecule is CC(C)(C)c1cccc(C(C)(C)C)c1O.C[C]1C(C)=C(C)C(C)=C1C.C[Si](C)(C)[CH-][Si](C)(C)C.[Y]. The molecule has 1 aliphatic rings. The van der Waals surface area contributed by atoms with Crippen LogP contribution in [0.1, 0.15) is 87.3 Å². The molecule has 2 rings (SSSR count). The minimum absolute atomic E-state index is 0. The van der Waals surface area contributed by atoms with Gasteiger partial charge in [0, 0.05) is 38.6 Å². The standard InChI is InChI=1S/C14H22O.C10H15.C7H19Si2.Y/c1-13(2,3)10-8-7-9-11(12(10)15)14(4,5)6;1-6-7(2)9(4)10(5)8(6)3;1-8(2,3)7-9(4,5)6;/h7-9,15H,1-6H3;1-5H3;7H,1-6H3;/q;;-1;. The van der Waals surface area contributed by atoms with Crippen molar-refractivity contribution >= 4 is 16.1 Å². The van der Waals surface area contributed by atoms with Gasteiger partial charge in [0.15, 0.2) is 0 Å². The molecule has 1 aliphatic carbocycles. The molecule has 2 radical (unpaired) electrons. The summed E-state index contributed by atoms with van der Waals surface area (Å²) < 4.78 is 0. The molecule has 0 saturated carbocycles. The van der Waals surface area contributed by atoms with Crippen molar-refractivity contribution < 1.29 is 37.8 Å². The van der Waals surface area contributed by atoms with Crippen molar-refractivity contribution in [2.45, 2.75) is 126 Å². The fourth-order valence-electron chi connectivity index (χ4n) is 4.46. The van der Waals surface area contributed by atoms with Crippen LogP contribution in [0.15, 0.2) is 40.5 Å². The van der Waals surface area contributed by atoms with Crippen molar-refractivity contribution in [2.75, 3.05) is 0 Å². The summed E-state index contributed by atoms with van der Waals surface area (Å²) in [6, 6.07) is 6.04. The van der Waals surface area contributed by atoms with Gasteiger partial charge in [0.05, 0.1) is 0 Å². The number of hydrogen-bond donors (Lipinski definition) is 1. The summed E-state index contributed by atoms with van der Waals surface area (Å²) in [5.41, 5.74) is 10.6. The molecular formula is C31H56OSi2Y-. The first-order valence-corrected chi connectivity index (χ1v) is 19.9. The molecule has 0 saturated heterocycles. The third-order valence-electron chi connectivity index (χ3n) is 6.33. The second-order valence-corrected chi connectivity index (χ2v) is 24.8. The molecule has 0 unspecified atom stereocenters. The molecule has 1 nitrogen and oxygen atoms in total. The summed E-state index contributed by atoms with van der Waals surface area (Å²) in [5.74, 6) is 1.92. The van der Waals surface area contributed by atoms with Gasteiger partial charge >= 0.3 is 0 Å². The van der Waals surface area contributed by atoms with E-state index in [9.17, 15) is 5.11 Å². The Hall–Kier alpha value is 0.0377. The fraction of sp³-hybridized carbons (Fsp3) is 0.613. The van der Waals surface area contributed by atoms with E-state index in [0.717, 1.165) is 11.1 Å². The topological polar surface area (TPSA) is 20.2 Å². The van der Waals surface area contributed by atoms with Crippen LogP contribution in [0.5, 0.6) is 5.75 Å². The van der Waals surface area contributed by atoms with Gasteiger partial charge in [-0.2, -0.15) is 0 Å². The molecule has 1 aromatic rings. The first-order chi connectivity index (χ1) is 14.9. The molecule has 0 spiro atoms. The van der Waals surface area contributed by atoms with Gasteiger partial charge in [-0.05, 0) is 60.8 Å². The molecule has 0 atom stereocenters. The smallest absolute Gasteiger partial charge is 0.123 e. The van der Waals surface area contributed by atoms with E-state index in [1.165, 1.54) is 28.2 Å². The van der Waals surface area contributed by atoms with Gasteiger partial charge in [0.2, 0.25) is 0 Å². The molecule has 35 heavy (non-hydrogen) atoms. The zero-order valence-corrected chi connectivity index (χ0v) is 31.2. The van der Waals surface area contributed by atoms with Crippen LogP contribution in [-0.4, -0.2) is 21.3 Å². The van der Waals surface area contributed by atoms with Crippen LogP contribution in [0.4, 0.5) is 0 Å². The minimum atomic E-state index is -0.856. The van der Waals surface area contributed by atoms with Crippen LogP contribution >= 0.6 is 0 Å². The number of phenols is 1. The average Bonchev–Trinajstić information content (AvgIpc) is 2.76. The van der Waals surface area contributed by atoms with Crippen molar-refractivity contribution in [3.8, 4) is 5.75 Å². The maximum absolute atomic E-state index is 10.3. The number of para-hydroxylation sites is 1. The zero-order valence-electron chi connectivity index (χ0n) is 26.3. The fourth-order valence-corrected chi connectivity index (χ4v) is 14.9. The number of phenolic OH excluding ortho intramolecular Hbond substituents is 1. The third-order valence-corrected chi connectivity index (χ3v) is 13.3. The normalized spacial score (nSPS) is 15.2. The Labute approximate surface area is 247 Å². The minimum Gasteiger partial charge on any atom is -0.507 e. The summed E-state index contributed by atoms with van der Waals surface area (Å²) in [4.78, 5) is 0. The third kappa shape index (κ3) is 12.9. The first-order valence-electron chi connectivity index (χ1n) is 12.8. The molecule has 0 fully saturated rings. The maximum Gasteiger partial charge on any atom is 0.123 e. The van der Waals surface area contributed by atoms with Gasteiger partial charge in [-0.1, -0.05) is 117 Å². The van der Waals surface area contributed by atoms with Crippen molar-refractivity contribution in [3.63, 3.8) is 0 Å². The van der Waals surface area contributed by atoms with Crippen molar-refractivity contribution in [3.05, 3.63) is 63.2 Å².